The molecule has 0 fully saturated rings. The molecule has 0 saturated carbocycles. The van der Waals surface area contributed by atoms with E-state index in [2.05, 4.69) is 8.37 Å². The lowest BCUT2D eigenvalue weighted by atomic mass is 10.7. The monoisotopic (exact) mass is 214 g/mol. The van der Waals surface area contributed by atoms with Crippen molar-refractivity contribution in [2.24, 2.45) is 0 Å². The molecule has 0 rings (SSSR count). The molecule has 0 aromatic carbocycles. The van der Waals surface area contributed by atoms with Crippen molar-refractivity contribution in [2.45, 2.75) is 19.4 Å². The second kappa shape index (κ2) is 5.38. The van der Waals surface area contributed by atoms with E-state index in [4.69, 9.17) is 0 Å². The number of hydrogen-bond donors (Lipinski definition) is 0. The molecule has 0 spiro atoms. The number of hydrogen-bond acceptors (Lipinski definition) is 3. The van der Waals surface area contributed by atoms with E-state index in [9.17, 15) is 26.2 Å². The van der Waals surface area contributed by atoms with Crippen molar-refractivity contribution in [1.82, 2.24) is 0 Å². The molecule has 3 nitrogen and oxygen atoms in total. The highest BCUT2D eigenvalue weighted by molar-refractivity contribution is 7.75. The summed E-state index contributed by atoms with van der Waals surface area (Å²) in [4.78, 5) is 0. The predicted octanol–water partition coefficient (Wildman–Crippen LogP) is 1.38. The molecular weight excluding hydrogens is 211 g/mol. The minimum atomic E-state index is -3.56. The van der Waals surface area contributed by atoms with E-state index in [1.165, 1.54) is 0 Å². The smallest absolute Gasteiger partial charge is 0.225 e. The SMILES string of the molecule is O=S(OC(F)F)OC(F)C(F)F. The molecule has 2 unspecified atom stereocenters. The minimum absolute atomic E-state index is 3.01. The van der Waals surface area contributed by atoms with Crippen LogP contribution in [-0.4, -0.2) is 23.6 Å². The summed E-state index contributed by atoms with van der Waals surface area (Å²) in [5.41, 5.74) is 0. The fourth-order valence-electron chi connectivity index (χ4n) is 0.199. The summed E-state index contributed by atoms with van der Waals surface area (Å²) in [6, 6.07) is 0. The molecule has 0 bridgehead atoms. The number of rotatable bonds is 5. The lowest BCUT2D eigenvalue weighted by Gasteiger charge is -2.05. The fraction of sp³-hybridized carbons (Fsp3) is 1.00. The lowest BCUT2D eigenvalue weighted by Crippen LogP contribution is -2.19. The van der Waals surface area contributed by atoms with Gasteiger partial charge in [0.2, 0.25) is 0 Å². The highest BCUT2D eigenvalue weighted by Crippen LogP contribution is 2.10. The zero-order valence-electron chi connectivity index (χ0n) is 5.25. The van der Waals surface area contributed by atoms with Crippen molar-refractivity contribution >= 4 is 11.4 Å². The first-order valence-corrected chi connectivity index (χ1v) is 3.40. The van der Waals surface area contributed by atoms with E-state index >= 15 is 0 Å². The first-order valence-electron chi connectivity index (χ1n) is 2.40. The Kier molecular flexibility index (Phi) is 5.25. The molecule has 0 radical (unpaired) electrons. The van der Waals surface area contributed by atoms with Gasteiger partial charge in [0.05, 0.1) is 0 Å². The second-order valence-electron chi connectivity index (χ2n) is 1.34. The van der Waals surface area contributed by atoms with Crippen molar-refractivity contribution in [2.75, 3.05) is 0 Å². The van der Waals surface area contributed by atoms with Gasteiger partial charge in [-0.05, 0) is 0 Å². The molecule has 0 saturated heterocycles. The first-order chi connectivity index (χ1) is 5.43. The van der Waals surface area contributed by atoms with Crippen molar-refractivity contribution in [3.63, 3.8) is 0 Å². The van der Waals surface area contributed by atoms with Crippen LogP contribution in [-0.2, 0) is 19.7 Å². The van der Waals surface area contributed by atoms with Crippen LogP contribution in [0.5, 0.6) is 0 Å². The zero-order chi connectivity index (χ0) is 9.72. The van der Waals surface area contributed by atoms with Gasteiger partial charge in [0.15, 0.2) is 0 Å². The van der Waals surface area contributed by atoms with Gasteiger partial charge >= 0.3 is 18.0 Å². The Labute approximate surface area is 66.3 Å². The average molecular weight is 214 g/mol. The predicted molar refractivity (Wildman–Crippen MR) is 27.2 cm³/mol. The van der Waals surface area contributed by atoms with Crippen molar-refractivity contribution in [1.29, 1.82) is 0 Å². The third-order valence-electron chi connectivity index (χ3n) is 0.520. The van der Waals surface area contributed by atoms with Crippen LogP contribution in [0.4, 0.5) is 22.0 Å². The van der Waals surface area contributed by atoms with Gasteiger partial charge in [-0.2, -0.15) is 13.0 Å². The Balaban J connectivity index is 3.69. The maximum atomic E-state index is 11.7. The standard InChI is InChI=1S/C3H3F5O3S/c4-1(5)2(6)10-12(9)11-3(7)8/h1-3H. The van der Waals surface area contributed by atoms with Gasteiger partial charge in [-0.25, -0.2) is 21.5 Å². The summed E-state index contributed by atoms with van der Waals surface area (Å²) in [5, 5.41) is 0. The van der Waals surface area contributed by atoms with E-state index in [1.807, 2.05) is 0 Å². The molecule has 2 atom stereocenters. The second-order valence-corrected chi connectivity index (χ2v) is 2.14. The molecule has 0 N–H and O–H groups in total. The van der Waals surface area contributed by atoms with Crippen LogP contribution in [0.15, 0.2) is 0 Å². The summed E-state index contributed by atoms with van der Waals surface area (Å²) in [7, 11) is 0. The third kappa shape index (κ3) is 5.38. The van der Waals surface area contributed by atoms with Crippen LogP contribution in [0.1, 0.15) is 0 Å². The minimum Gasteiger partial charge on any atom is -0.225 e. The zero-order valence-corrected chi connectivity index (χ0v) is 6.07. The Bertz CT molecular complexity index is 153. The van der Waals surface area contributed by atoms with Crippen LogP contribution >= 0.6 is 0 Å². The summed E-state index contributed by atoms with van der Waals surface area (Å²) in [6.07, 6.45) is -6.76. The van der Waals surface area contributed by atoms with E-state index in [1.54, 1.807) is 0 Å². The highest BCUT2D eigenvalue weighted by atomic mass is 32.2. The highest BCUT2D eigenvalue weighted by Gasteiger charge is 2.24. The quantitative estimate of drug-likeness (QED) is 0.648. The molecule has 0 heterocycles. The molecule has 0 aliphatic carbocycles. The van der Waals surface area contributed by atoms with Gasteiger partial charge in [-0.15, -0.1) is 0 Å². The van der Waals surface area contributed by atoms with E-state index < -0.39 is 30.8 Å². The van der Waals surface area contributed by atoms with Crippen molar-refractivity contribution in [3.05, 3.63) is 0 Å². The first kappa shape index (κ1) is 11.7. The Morgan fingerprint density at radius 3 is 1.83 bits per heavy atom. The van der Waals surface area contributed by atoms with Gasteiger partial charge in [-0.1, -0.05) is 0 Å². The van der Waals surface area contributed by atoms with E-state index in [-0.39, 0.29) is 0 Å². The Morgan fingerprint density at radius 1 is 1.00 bits per heavy atom. The molecule has 0 aromatic rings. The Hall–Kier alpha value is -0.280. The van der Waals surface area contributed by atoms with Gasteiger partial charge in [-0.3, -0.25) is 0 Å². The summed E-state index contributed by atoms with van der Waals surface area (Å²) in [6.45, 7) is -3.48. The molecule has 0 amide bonds. The summed E-state index contributed by atoms with van der Waals surface area (Å²) < 4.78 is 72.7. The van der Waals surface area contributed by atoms with Crippen LogP contribution < -0.4 is 0 Å². The lowest BCUT2D eigenvalue weighted by molar-refractivity contribution is -0.0881. The summed E-state index contributed by atoms with van der Waals surface area (Å²) in [5.74, 6) is 0. The maximum Gasteiger partial charge on any atom is 0.358 e. The molecule has 0 aromatic heterocycles. The number of alkyl halides is 5. The molecule has 12 heavy (non-hydrogen) atoms. The summed E-state index contributed by atoms with van der Waals surface area (Å²) >= 11 is -3.21. The normalized spacial score (nSPS) is 16.9. The van der Waals surface area contributed by atoms with Gasteiger partial charge < -0.3 is 0 Å². The van der Waals surface area contributed by atoms with Gasteiger partial charge in [0.1, 0.15) is 0 Å². The largest absolute Gasteiger partial charge is 0.358 e. The fourth-order valence-corrected chi connectivity index (χ4v) is 0.597. The topological polar surface area (TPSA) is 35.5 Å². The molecule has 9 heteroatoms. The maximum absolute atomic E-state index is 11.7. The van der Waals surface area contributed by atoms with Crippen LogP contribution in [0, 0.1) is 0 Å². The molecule has 74 valence electrons. The number of halogens is 5. The molecular formula is C3H3F5O3S. The van der Waals surface area contributed by atoms with Crippen molar-refractivity contribution < 1.29 is 34.5 Å². The van der Waals surface area contributed by atoms with Gasteiger partial charge in [0.25, 0.3) is 12.8 Å². The molecule has 0 aliphatic rings. The Morgan fingerprint density at radius 2 is 1.50 bits per heavy atom. The van der Waals surface area contributed by atoms with Crippen molar-refractivity contribution in [3.8, 4) is 0 Å². The van der Waals surface area contributed by atoms with E-state index in [0.717, 1.165) is 0 Å². The van der Waals surface area contributed by atoms with Gasteiger partial charge in [0, 0.05) is 0 Å². The third-order valence-corrected chi connectivity index (χ3v) is 1.16. The van der Waals surface area contributed by atoms with Crippen LogP contribution in [0.2, 0.25) is 0 Å². The van der Waals surface area contributed by atoms with Crippen LogP contribution in [0.25, 0.3) is 0 Å². The molecule has 0 aliphatic heterocycles. The average Bonchev–Trinajstić information content (AvgIpc) is 1.84. The van der Waals surface area contributed by atoms with E-state index in [0.29, 0.717) is 0 Å². The van der Waals surface area contributed by atoms with Crippen LogP contribution in [0.3, 0.4) is 0 Å².